The molecule has 3 nitrogen and oxygen atoms in total. The molecule has 0 saturated carbocycles. The highest BCUT2D eigenvalue weighted by Gasteiger charge is 2.25. The van der Waals surface area contributed by atoms with Gasteiger partial charge in [-0.3, -0.25) is 4.79 Å². The summed E-state index contributed by atoms with van der Waals surface area (Å²) in [5.74, 6) is 0.0642. The Morgan fingerprint density at radius 3 is 2.50 bits per heavy atom. The summed E-state index contributed by atoms with van der Waals surface area (Å²) in [6.07, 6.45) is 2.28. The van der Waals surface area contributed by atoms with Crippen molar-refractivity contribution in [2.45, 2.75) is 58.8 Å². The minimum Gasteiger partial charge on any atom is -0.375 e. The second-order valence-corrected chi connectivity index (χ2v) is 5.90. The lowest BCUT2D eigenvalue weighted by atomic mass is 10.0. The SMILES string of the molecule is Cc1ccc(C(=O)COC2CC(C)OC(C)C2)c(C)c1. The number of carbonyl (C=O) groups is 1. The maximum absolute atomic E-state index is 12.2. The van der Waals surface area contributed by atoms with E-state index in [1.165, 1.54) is 5.56 Å². The van der Waals surface area contributed by atoms with Crippen LogP contribution < -0.4 is 0 Å². The number of benzene rings is 1. The molecule has 1 fully saturated rings. The van der Waals surface area contributed by atoms with Crippen molar-refractivity contribution < 1.29 is 14.3 Å². The summed E-state index contributed by atoms with van der Waals surface area (Å²) in [6, 6.07) is 5.90. The number of ketones is 1. The lowest BCUT2D eigenvalue weighted by Crippen LogP contribution is -2.35. The highest BCUT2D eigenvalue weighted by molar-refractivity contribution is 5.98. The van der Waals surface area contributed by atoms with Gasteiger partial charge in [-0.15, -0.1) is 0 Å². The zero-order chi connectivity index (χ0) is 14.7. The van der Waals surface area contributed by atoms with Crippen molar-refractivity contribution in [2.24, 2.45) is 0 Å². The molecule has 1 heterocycles. The third-order valence-electron chi connectivity index (χ3n) is 3.79. The molecule has 1 aromatic carbocycles. The molecule has 0 N–H and O–H groups in total. The van der Waals surface area contributed by atoms with Crippen molar-refractivity contribution in [3.05, 3.63) is 34.9 Å². The van der Waals surface area contributed by atoms with Gasteiger partial charge in [0.05, 0.1) is 18.3 Å². The van der Waals surface area contributed by atoms with E-state index in [1.54, 1.807) is 0 Å². The minimum absolute atomic E-state index is 0.0642. The van der Waals surface area contributed by atoms with Gasteiger partial charge in [-0.25, -0.2) is 0 Å². The molecule has 110 valence electrons. The second-order valence-electron chi connectivity index (χ2n) is 5.90. The van der Waals surface area contributed by atoms with Crippen LogP contribution >= 0.6 is 0 Å². The van der Waals surface area contributed by atoms with E-state index in [1.807, 2.05) is 32.0 Å². The summed E-state index contributed by atoms with van der Waals surface area (Å²) in [4.78, 5) is 12.2. The molecule has 20 heavy (non-hydrogen) atoms. The molecule has 0 spiro atoms. The number of ether oxygens (including phenoxy) is 2. The maximum Gasteiger partial charge on any atom is 0.188 e. The molecule has 0 amide bonds. The smallest absolute Gasteiger partial charge is 0.188 e. The Labute approximate surface area is 121 Å². The molecule has 1 saturated heterocycles. The van der Waals surface area contributed by atoms with Crippen LogP contribution in [0.25, 0.3) is 0 Å². The van der Waals surface area contributed by atoms with Crippen molar-refractivity contribution in [1.29, 1.82) is 0 Å². The molecule has 0 aliphatic carbocycles. The van der Waals surface area contributed by atoms with E-state index in [0.717, 1.165) is 24.0 Å². The summed E-state index contributed by atoms with van der Waals surface area (Å²) in [7, 11) is 0. The molecule has 2 unspecified atom stereocenters. The van der Waals surface area contributed by atoms with E-state index in [0.29, 0.717) is 0 Å². The largest absolute Gasteiger partial charge is 0.375 e. The fourth-order valence-electron chi connectivity index (χ4n) is 2.88. The van der Waals surface area contributed by atoms with Gasteiger partial charge in [-0.2, -0.15) is 0 Å². The number of hydrogen-bond donors (Lipinski definition) is 0. The normalized spacial score (nSPS) is 26.5. The zero-order valence-corrected chi connectivity index (χ0v) is 12.8. The zero-order valence-electron chi connectivity index (χ0n) is 12.8. The van der Waals surface area contributed by atoms with Gasteiger partial charge in [0.2, 0.25) is 0 Å². The predicted octanol–water partition coefficient (Wildman–Crippen LogP) is 3.46. The van der Waals surface area contributed by atoms with Crippen molar-refractivity contribution in [1.82, 2.24) is 0 Å². The van der Waals surface area contributed by atoms with Crippen LogP contribution in [-0.4, -0.2) is 30.7 Å². The van der Waals surface area contributed by atoms with Gasteiger partial charge in [0.15, 0.2) is 5.78 Å². The number of hydrogen-bond acceptors (Lipinski definition) is 3. The quantitative estimate of drug-likeness (QED) is 0.790. The Kier molecular flexibility index (Phi) is 4.95. The van der Waals surface area contributed by atoms with Crippen molar-refractivity contribution in [3.63, 3.8) is 0 Å². The molecule has 0 bridgehead atoms. The average Bonchev–Trinajstić information content (AvgIpc) is 2.35. The summed E-state index contributed by atoms with van der Waals surface area (Å²) >= 11 is 0. The van der Waals surface area contributed by atoms with Crippen molar-refractivity contribution in [3.8, 4) is 0 Å². The summed E-state index contributed by atoms with van der Waals surface area (Å²) in [5, 5.41) is 0. The Hall–Kier alpha value is -1.19. The van der Waals surface area contributed by atoms with Crippen molar-refractivity contribution in [2.75, 3.05) is 6.61 Å². The lowest BCUT2D eigenvalue weighted by molar-refractivity contribution is -0.0975. The molecule has 0 aromatic heterocycles. The molecule has 2 rings (SSSR count). The van der Waals surface area contributed by atoms with Gasteiger partial charge in [-0.05, 0) is 46.1 Å². The summed E-state index contributed by atoms with van der Waals surface area (Å²) in [6.45, 7) is 8.27. The average molecular weight is 276 g/mol. The van der Waals surface area contributed by atoms with Crippen molar-refractivity contribution >= 4 is 5.78 Å². The maximum atomic E-state index is 12.2. The topological polar surface area (TPSA) is 35.5 Å². The fourth-order valence-corrected chi connectivity index (χ4v) is 2.88. The van der Waals surface area contributed by atoms with Gasteiger partial charge in [0, 0.05) is 5.56 Å². The van der Waals surface area contributed by atoms with Crippen LogP contribution in [0.2, 0.25) is 0 Å². The Balaban J connectivity index is 1.91. The summed E-state index contributed by atoms with van der Waals surface area (Å²) in [5.41, 5.74) is 2.96. The molecule has 1 aliphatic rings. The number of Topliss-reactive ketones (excluding diaryl/α,β-unsaturated/α-hetero) is 1. The van der Waals surface area contributed by atoms with E-state index in [4.69, 9.17) is 9.47 Å². The van der Waals surface area contributed by atoms with Crippen LogP contribution in [0.3, 0.4) is 0 Å². The predicted molar refractivity (Wildman–Crippen MR) is 79.2 cm³/mol. The Morgan fingerprint density at radius 1 is 1.25 bits per heavy atom. The highest BCUT2D eigenvalue weighted by atomic mass is 16.5. The fraction of sp³-hybridized carbons (Fsp3) is 0.588. The van der Waals surface area contributed by atoms with Gasteiger partial charge >= 0.3 is 0 Å². The van der Waals surface area contributed by atoms with Gasteiger partial charge < -0.3 is 9.47 Å². The van der Waals surface area contributed by atoms with E-state index < -0.39 is 0 Å². The second kappa shape index (κ2) is 6.51. The highest BCUT2D eigenvalue weighted by Crippen LogP contribution is 2.22. The molecule has 0 radical (unpaired) electrons. The molecular formula is C17H24O3. The molecule has 2 atom stereocenters. The van der Waals surface area contributed by atoms with Crippen LogP contribution in [0.4, 0.5) is 0 Å². The standard InChI is InChI=1S/C17H24O3/c1-11-5-6-16(12(2)7-11)17(18)10-19-15-8-13(3)20-14(4)9-15/h5-7,13-15H,8-10H2,1-4H3. The number of carbonyl (C=O) groups excluding carboxylic acids is 1. The molecule has 1 aromatic rings. The molecule has 1 aliphatic heterocycles. The van der Waals surface area contributed by atoms with Crippen LogP contribution in [0.1, 0.15) is 48.2 Å². The van der Waals surface area contributed by atoms with Crippen LogP contribution in [-0.2, 0) is 9.47 Å². The monoisotopic (exact) mass is 276 g/mol. The van der Waals surface area contributed by atoms with Crippen LogP contribution in [0.15, 0.2) is 18.2 Å². The lowest BCUT2D eigenvalue weighted by Gasteiger charge is -2.31. The molecular weight excluding hydrogens is 252 g/mol. The van der Waals surface area contributed by atoms with Crippen LogP contribution in [0.5, 0.6) is 0 Å². The number of rotatable bonds is 4. The third kappa shape index (κ3) is 3.90. The van der Waals surface area contributed by atoms with E-state index >= 15 is 0 Å². The first-order valence-electron chi connectivity index (χ1n) is 7.33. The first-order chi connectivity index (χ1) is 9.45. The van der Waals surface area contributed by atoms with E-state index in [-0.39, 0.29) is 30.7 Å². The van der Waals surface area contributed by atoms with Gasteiger partial charge in [0.25, 0.3) is 0 Å². The Morgan fingerprint density at radius 2 is 1.90 bits per heavy atom. The van der Waals surface area contributed by atoms with Gasteiger partial charge in [-0.1, -0.05) is 23.8 Å². The van der Waals surface area contributed by atoms with E-state index in [2.05, 4.69) is 13.8 Å². The minimum atomic E-state index is 0.0642. The summed E-state index contributed by atoms with van der Waals surface area (Å²) < 4.78 is 11.5. The number of aryl methyl sites for hydroxylation is 2. The molecule has 3 heteroatoms. The Bertz CT molecular complexity index is 471. The van der Waals surface area contributed by atoms with Crippen LogP contribution in [0, 0.1) is 13.8 Å². The van der Waals surface area contributed by atoms with E-state index in [9.17, 15) is 4.79 Å². The van der Waals surface area contributed by atoms with Gasteiger partial charge in [0.1, 0.15) is 6.61 Å². The third-order valence-corrected chi connectivity index (χ3v) is 3.79. The first-order valence-corrected chi connectivity index (χ1v) is 7.33. The first kappa shape index (κ1) is 15.2.